The fourth-order valence-corrected chi connectivity index (χ4v) is 1.96. The fraction of sp³-hybridized carbons (Fsp3) is 0.562. The summed E-state index contributed by atoms with van der Waals surface area (Å²) in [7, 11) is 1.67. The normalized spacial score (nSPS) is 10.3. The minimum absolute atomic E-state index is 0.101. The molecule has 0 saturated heterocycles. The Labute approximate surface area is 121 Å². The molecule has 0 aliphatic heterocycles. The standard InChI is InChI=1S/C16H26N2O2/c1-3-4-11-17-12-10-16(19)18-13-9-14-7-5-6-8-15(14)20-2/h5-8,17H,3-4,9-13H2,1-2H3,(H,18,19). The Hall–Kier alpha value is -1.55. The summed E-state index contributed by atoms with van der Waals surface area (Å²) in [5.41, 5.74) is 1.12. The van der Waals surface area contributed by atoms with E-state index in [0.29, 0.717) is 13.0 Å². The molecule has 2 N–H and O–H groups in total. The molecule has 0 saturated carbocycles. The van der Waals surface area contributed by atoms with Crippen LogP contribution >= 0.6 is 0 Å². The maximum atomic E-state index is 11.6. The van der Waals surface area contributed by atoms with Crippen LogP contribution in [0.3, 0.4) is 0 Å². The molecule has 0 radical (unpaired) electrons. The molecular weight excluding hydrogens is 252 g/mol. The third-order valence-electron chi connectivity index (χ3n) is 3.14. The quantitative estimate of drug-likeness (QED) is 0.645. The molecule has 0 atom stereocenters. The number of hydrogen-bond acceptors (Lipinski definition) is 3. The highest BCUT2D eigenvalue weighted by molar-refractivity contribution is 5.76. The Bertz CT molecular complexity index is 394. The molecule has 0 aliphatic rings. The van der Waals surface area contributed by atoms with Crippen molar-refractivity contribution in [3.63, 3.8) is 0 Å². The number of unbranched alkanes of at least 4 members (excludes halogenated alkanes) is 1. The van der Waals surface area contributed by atoms with Gasteiger partial charge in [-0.05, 0) is 31.0 Å². The molecule has 4 nitrogen and oxygen atoms in total. The summed E-state index contributed by atoms with van der Waals surface area (Å²) in [5, 5.41) is 6.20. The summed E-state index contributed by atoms with van der Waals surface area (Å²) in [6.07, 6.45) is 3.67. The van der Waals surface area contributed by atoms with Gasteiger partial charge < -0.3 is 15.4 Å². The van der Waals surface area contributed by atoms with Gasteiger partial charge in [0.05, 0.1) is 7.11 Å². The van der Waals surface area contributed by atoms with Crippen LogP contribution in [0.5, 0.6) is 5.75 Å². The molecule has 0 aliphatic carbocycles. The van der Waals surface area contributed by atoms with Gasteiger partial charge in [0, 0.05) is 19.5 Å². The summed E-state index contributed by atoms with van der Waals surface area (Å²) in [5.74, 6) is 0.979. The largest absolute Gasteiger partial charge is 0.496 e. The highest BCUT2D eigenvalue weighted by Crippen LogP contribution is 2.17. The first-order valence-corrected chi connectivity index (χ1v) is 7.37. The van der Waals surface area contributed by atoms with Crippen molar-refractivity contribution < 1.29 is 9.53 Å². The van der Waals surface area contributed by atoms with Crippen LogP contribution < -0.4 is 15.4 Å². The lowest BCUT2D eigenvalue weighted by atomic mass is 10.1. The Morgan fingerprint density at radius 1 is 1.20 bits per heavy atom. The van der Waals surface area contributed by atoms with Gasteiger partial charge in [-0.25, -0.2) is 0 Å². The van der Waals surface area contributed by atoms with E-state index >= 15 is 0 Å². The Morgan fingerprint density at radius 2 is 2.00 bits per heavy atom. The first kappa shape index (κ1) is 16.5. The smallest absolute Gasteiger partial charge is 0.221 e. The Kier molecular flexibility index (Phi) is 8.47. The number of benzene rings is 1. The summed E-state index contributed by atoms with van der Waals surface area (Å²) in [6.45, 7) is 4.55. The van der Waals surface area contributed by atoms with Gasteiger partial charge in [-0.15, -0.1) is 0 Å². The number of rotatable bonds is 10. The van der Waals surface area contributed by atoms with E-state index in [1.54, 1.807) is 7.11 Å². The lowest BCUT2D eigenvalue weighted by Gasteiger charge is -2.09. The van der Waals surface area contributed by atoms with Gasteiger partial charge in [0.1, 0.15) is 5.75 Å². The van der Waals surface area contributed by atoms with Crippen LogP contribution in [0.1, 0.15) is 31.7 Å². The van der Waals surface area contributed by atoms with Crippen LogP contribution in [-0.4, -0.2) is 32.7 Å². The number of amides is 1. The van der Waals surface area contributed by atoms with E-state index < -0.39 is 0 Å². The van der Waals surface area contributed by atoms with Crippen LogP contribution in [0.15, 0.2) is 24.3 Å². The molecular formula is C16H26N2O2. The first-order valence-electron chi connectivity index (χ1n) is 7.37. The SMILES string of the molecule is CCCCNCCC(=O)NCCc1ccccc1OC. The number of hydrogen-bond donors (Lipinski definition) is 2. The molecule has 0 spiro atoms. The lowest BCUT2D eigenvalue weighted by molar-refractivity contribution is -0.120. The van der Waals surface area contributed by atoms with E-state index in [2.05, 4.69) is 17.6 Å². The molecule has 0 aromatic heterocycles. The molecule has 112 valence electrons. The molecule has 1 aromatic carbocycles. The number of nitrogens with one attached hydrogen (secondary N) is 2. The minimum Gasteiger partial charge on any atom is -0.496 e. The maximum Gasteiger partial charge on any atom is 0.221 e. The van der Waals surface area contributed by atoms with Gasteiger partial charge in [0.2, 0.25) is 5.91 Å². The van der Waals surface area contributed by atoms with E-state index in [1.165, 1.54) is 6.42 Å². The second-order valence-corrected chi connectivity index (χ2v) is 4.77. The lowest BCUT2D eigenvalue weighted by Crippen LogP contribution is -2.29. The topological polar surface area (TPSA) is 50.4 Å². The van der Waals surface area contributed by atoms with E-state index in [1.807, 2.05) is 24.3 Å². The van der Waals surface area contributed by atoms with Gasteiger partial charge >= 0.3 is 0 Å². The first-order chi connectivity index (χ1) is 9.77. The highest BCUT2D eigenvalue weighted by atomic mass is 16.5. The Balaban J connectivity index is 2.15. The second kappa shape index (κ2) is 10.3. The summed E-state index contributed by atoms with van der Waals surface area (Å²) >= 11 is 0. The predicted molar refractivity (Wildman–Crippen MR) is 82.1 cm³/mol. The van der Waals surface area contributed by atoms with Crippen molar-refractivity contribution in [1.29, 1.82) is 0 Å². The third-order valence-corrected chi connectivity index (χ3v) is 3.14. The van der Waals surface area contributed by atoms with Gasteiger partial charge in [-0.2, -0.15) is 0 Å². The number of methoxy groups -OCH3 is 1. The zero-order chi connectivity index (χ0) is 14.6. The van der Waals surface area contributed by atoms with E-state index in [-0.39, 0.29) is 5.91 Å². The van der Waals surface area contributed by atoms with Crippen LogP contribution in [0, 0.1) is 0 Å². The van der Waals surface area contributed by atoms with Crippen molar-refractivity contribution in [3.05, 3.63) is 29.8 Å². The van der Waals surface area contributed by atoms with Crippen molar-refractivity contribution in [1.82, 2.24) is 10.6 Å². The van der Waals surface area contributed by atoms with E-state index in [4.69, 9.17) is 4.74 Å². The molecule has 0 unspecified atom stereocenters. The monoisotopic (exact) mass is 278 g/mol. The van der Waals surface area contributed by atoms with Gasteiger partial charge in [0.15, 0.2) is 0 Å². The van der Waals surface area contributed by atoms with Gasteiger partial charge in [-0.1, -0.05) is 31.5 Å². The van der Waals surface area contributed by atoms with Crippen molar-refractivity contribution in [2.45, 2.75) is 32.6 Å². The third kappa shape index (κ3) is 6.57. The second-order valence-electron chi connectivity index (χ2n) is 4.77. The number of ether oxygens (including phenoxy) is 1. The maximum absolute atomic E-state index is 11.6. The molecule has 0 fully saturated rings. The number of carbonyl (C=O) groups is 1. The van der Waals surface area contributed by atoms with Gasteiger partial charge in [-0.3, -0.25) is 4.79 Å². The van der Waals surface area contributed by atoms with Crippen molar-refractivity contribution in [3.8, 4) is 5.75 Å². The summed E-state index contributed by atoms with van der Waals surface area (Å²) in [6, 6.07) is 7.90. The molecule has 4 heteroatoms. The fourth-order valence-electron chi connectivity index (χ4n) is 1.96. The minimum atomic E-state index is 0.101. The van der Waals surface area contributed by atoms with Crippen LogP contribution in [-0.2, 0) is 11.2 Å². The van der Waals surface area contributed by atoms with E-state index in [9.17, 15) is 4.79 Å². The van der Waals surface area contributed by atoms with Crippen LogP contribution in [0.25, 0.3) is 0 Å². The zero-order valence-corrected chi connectivity index (χ0v) is 12.6. The molecule has 1 aromatic rings. The van der Waals surface area contributed by atoms with Crippen molar-refractivity contribution >= 4 is 5.91 Å². The Morgan fingerprint density at radius 3 is 2.75 bits per heavy atom. The van der Waals surface area contributed by atoms with E-state index in [0.717, 1.165) is 37.2 Å². The number of carbonyl (C=O) groups excluding carboxylic acids is 1. The summed E-state index contributed by atoms with van der Waals surface area (Å²) < 4.78 is 5.28. The zero-order valence-electron chi connectivity index (χ0n) is 12.6. The van der Waals surface area contributed by atoms with Crippen LogP contribution in [0.4, 0.5) is 0 Å². The summed E-state index contributed by atoms with van der Waals surface area (Å²) in [4.78, 5) is 11.6. The number of para-hydroxylation sites is 1. The predicted octanol–water partition coefficient (Wildman–Crippen LogP) is 2.13. The average Bonchev–Trinajstić information content (AvgIpc) is 2.47. The molecule has 0 heterocycles. The van der Waals surface area contributed by atoms with Gasteiger partial charge in [0.25, 0.3) is 0 Å². The molecule has 1 rings (SSSR count). The highest BCUT2D eigenvalue weighted by Gasteiger charge is 2.03. The van der Waals surface area contributed by atoms with Crippen molar-refractivity contribution in [2.24, 2.45) is 0 Å². The van der Waals surface area contributed by atoms with Crippen LogP contribution in [0.2, 0.25) is 0 Å². The van der Waals surface area contributed by atoms with Crippen molar-refractivity contribution in [2.75, 3.05) is 26.7 Å². The molecule has 0 bridgehead atoms. The average molecular weight is 278 g/mol. The molecule has 1 amide bonds. The molecule has 20 heavy (non-hydrogen) atoms.